The number of hydrogen-bond acceptors (Lipinski definition) is 3. The molecule has 0 unspecified atom stereocenters. The summed E-state index contributed by atoms with van der Waals surface area (Å²) in [6.45, 7) is 4.49. The van der Waals surface area contributed by atoms with Crippen LogP contribution in [0, 0.1) is 13.8 Å². The third kappa shape index (κ3) is 3.97. The van der Waals surface area contributed by atoms with Crippen LogP contribution >= 0.6 is 0 Å². The number of para-hydroxylation sites is 1. The number of hydrogen-bond donors (Lipinski definition) is 1. The Labute approximate surface area is 169 Å². The lowest BCUT2D eigenvalue weighted by Gasteiger charge is -2.10. The number of fused-ring (bicyclic) bond motifs is 1. The van der Waals surface area contributed by atoms with Crippen molar-refractivity contribution in [3.63, 3.8) is 0 Å². The minimum atomic E-state index is -0.956. The lowest BCUT2D eigenvalue weighted by molar-refractivity contribution is 0.0699. The van der Waals surface area contributed by atoms with E-state index in [0.717, 1.165) is 22.4 Å². The van der Waals surface area contributed by atoms with Gasteiger partial charge in [-0.3, -0.25) is 0 Å². The number of aromatic nitrogens is 1. The van der Waals surface area contributed by atoms with Crippen molar-refractivity contribution in [2.45, 2.75) is 20.5 Å². The van der Waals surface area contributed by atoms with Crippen LogP contribution in [0.3, 0.4) is 0 Å². The van der Waals surface area contributed by atoms with Gasteiger partial charge in [-0.05, 0) is 55.3 Å². The van der Waals surface area contributed by atoms with Gasteiger partial charge >= 0.3 is 5.97 Å². The molecule has 4 rings (SSSR count). The van der Waals surface area contributed by atoms with Crippen LogP contribution in [0.4, 0.5) is 0 Å². The van der Waals surface area contributed by atoms with Crippen LogP contribution in [0.1, 0.15) is 27.0 Å². The van der Waals surface area contributed by atoms with Gasteiger partial charge in [0.25, 0.3) is 0 Å². The summed E-state index contributed by atoms with van der Waals surface area (Å²) in [6.07, 6.45) is 0. The zero-order chi connectivity index (χ0) is 20.4. The van der Waals surface area contributed by atoms with Gasteiger partial charge in [-0.2, -0.15) is 0 Å². The number of benzene rings is 3. The molecule has 0 saturated carbocycles. The fraction of sp³-hybridized carbons (Fsp3) is 0.120. The molecule has 4 aromatic rings. The predicted octanol–water partition coefficient (Wildman–Crippen LogP) is 5.80. The first-order valence-electron chi connectivity index (χ1n) is 9.44. The molecule has 4 nitrogen and oxygen atoms in total. The van der Waals surface area contributed by atoms with E-state index in [1.165, 1.54) is 5.56 Å². The first-order chi connectivity index (χ1) is 14.0. The van der Waals surface area contributed by atoms with Gasteiger partial charge in [0.05, 0.1) is 16.8 Å². The fourth-order valence-electron chi connectivity index (χ4n) is 3.29. The minimum Gasteiger partial charge on any atom is -0.489 e. The standard InChI is InChI=1S/C25H21NO3/c1-16-6-8-18(9-7-16)15-29-20-12-10-19(11-13-20)23-14-22(25(27)28)21-5-3-4-17(2)24(21)26-23/h3-14H,15H2,1-2H3,(H,27,28). The number of carboxylic acids is 1. The average Bonchev–Trinajstić information content (AvgIpc) is 2.73. The van der Waals surface area contributed by atoms with Crippen molar-refractivity contribution in [1.29, 1.82) is 0 Å². The summed E-state index contributed by atoms with van der Waals surface area (Å²) in [7, 11) is 0. The van der Waals surface area contributed by atoms with E-state index in [2.05, 4.69) is 31.2 Å². The van der Waals surface area contributed by atoms with E-state index in [0.29, 0.717) is 23.2 Å². The van der Waals surface area contributed by atoms with E-state index >= 15 is 0 Å². The molecule has 0 spiro atoms. The second-order valence-electron chi connectivity index (χ2n) is 7.13. The number of aryl methyl sites for hydroxylation is 2. The van der Waals surface area contributed by atoms with Crippen LogP contribution in [-0.4, -0.2) is 16.1 Å². The summed E-state index contributed by atoms with van der Waals surface area (Å²) in [4.78, 5) is 16.5. The Bertz CT molecular complexity index is 1180. The summed E-state index contributed by atoms with van der Waals surface area (Å²) < 4.78 is 5.86. The van der Waals surface area contributed by atoms with Crippen molar-refractivity contribution < 1.29 is 14.6 Å². The van der Waals surface area contributed by atoms with E-state index in [9.17, 15) is 9.90 Å². The number of carbonyl (C=O) groups is 1. The third-order valence-corrected chi connectivity index (χ3v) is 4.95. The highest BCUT2D eigenvalue weighted by Gasteiger charge is 2.14. The Morgan fingerprint density at radius 1 is 0.966 bits per heavy atom. The normalized spacial score (nSPS) is 10.8. The van der Waals surface area contributed by atoms with Gasteiger partial charge in [0, 0.05) is 10.9 Å². The van der Waals surface area contributed by atoms with Gasteiger partial charge in [-0.15, -0.1) is 0 Å². The van der Waals surface area contributed by atoms with Gasteiger partial charge < -0.3 is 9.84 Å². The first-order valence-corrected chi connectivity index (χ1v) is 9.44. The molecule has 1 N–H and O–H groups in total. The van der Waals surface area contributed by atoms with Gasteiger partial charge in [-0.25, -0.2) is 9.78 Å². The molecule has 0 atom stereocenters. The van der Waals surface area contributed by atoms with Crippen LogP contribution in [0.2, 0.25) is 0 Å². The maximum atomic E-state index is 11.8. The lowest BCUT2D eigenvalue weighted by Crippen LogP contribution is -2.01. The number of pyridine rings is 1. The number of nitrogens with zero attached hydrogens (tertiary/aromatic N) is 1. The summed E-state index contributed by atoms with van der Waals surface area (Å²) in [5, 5.41) is 10.3. The molecule has 29 heavy (non-hydrogen) atoms. The second kappa shape index (κ2) is 7.76. The summed E-state index contributed by atoms with van der Waals surface area (Å²) >= 11 is 0. The molecule has 144 valence electrons. The van der Waals surface area contributed by atoms with E-state index in [1.54, 1.807) is 12.1 Å². The SMILES string of the molecule is Cc1ccc(COc2ccc(-c3cc(C(=O)O)c4cccc(C)c4n3)cc2)cc1. The summed E-state index contributed by atoms with van der Waals surface area (Å²) in [5.74, 6) is -0.202. The van der Waals surface area contributed by atoms with Gasteiger partial charge in [0.15, 0.2) is 0 Å². The van der Waals surface area contributed by atoms with Crippen LogP contribution in [0.25, 0.3) is 22.2 Å². The van der Waals surface area contributed by atoms with Crippen LogP contribution in [0.5, 0.6) is 5.75 Å². The maximum Gasteiger partial charge on any atom is 0.336 e. The second-order valence-corrected chi connectivity index (χ2v) is 7.13. The first kappa shape index (κ1) is 18.7. The molecule has 3 aromatic carbocycles. The smallest absolute Gasteiger partial charge is 0.336 e. The quantitative estimate of drug-likeness (QED) is 0.473. The fourth-order valence-corrected chi connectivity index (χ4v) is 3.29. The Morgan fingerprint density at radius 2 is 1.69 bits per heavy atom. The molecule has 0 bridgehead atoms. The average molecular weight is 383 g/mol. The molecule has 0 amide bonds. The molecule has 1 heterocycles. The van der Waals surface area contributed by atoms with Crippen molar-refractivity contribution in [3.8, 4) is 17.0 Å². The van der Waals surface area contributed by atoms with Crippen molar-refractivity contribution >= 4 is 16.9 Å². The zero-order valence-electron chi connectivity index (χ0n) is 16.3. The number of carboxylic acid groups (broad SMARTS) is 1. The van der Waals surface area contributed by atoms with Crippen LogP contribution in [-0.2, 0) is 6.61 Å². The minimum absolute atomic E-state index is 0.258. The molecule has 0 radical (unpaired) electrons. The van der Waals surface area contributed by atoms with Crippen LogP contribution < -0.4 is 4.74 Å². The van der Waals surface area contributed by atoms with Gasteiger partial charge in [0.2, 0.25) is 0 Å². The third-order valence-electron chi connectivity index (χ3n) is 4.95. The molecule has 0 aliphatic carbocycles. The Morgan fingerprint density at radius 3 is 2.38 bits per heavy atom. The largest absolute Gasteiger partial charge is 0.489 e. The molecule has 0 fully saturated rings. The lowest BCUT2D eigenvalue weighted by atomic mass is 10.0. The highest BCUT2D eigenvalue weighted by molar-refractivity contribution is 6.04. The molecule has 4 heteroatoms. The van der Waals surface area contributed by atoms with E-state index in [4.69, 9.17) is 9.72 Å². The summed E-state index contributed by atoms with van der Waals surface area (Å²) in [6, 6.07) is 23.0. The van der Waals surface area contributed by atoms with Crippen molar-refractivity contribution in [2.75, 3.05) is 0 Å². The maximum absolute atomic E-state index is 11.8. The number of aromatic carboxylic acids is 1. The summed E-state index contributed by atoms with van der Waals surface area (Å²) in [5.41, 5.74) is 5.73. The highest BCUT2D eigenvalue weighted by Crippen LogP contribution is 2.28. The Kier molecular flexibility index (Phi) is 5.00. The molecular weight excluding hydrogens is 362 g/mol. The molecule has 0 aliphatic rings. The molecular formula is C25H21NO3. The molecule has 0 aliphatic heterocycles. The van der Waals surface area contributed by atoms with Gasteiger partial charge in [0.1, 0.15) is 12.4 Å². The monoisotopic (exact) mass is 383 g/mol. The van der Waals surface area contributed by atoms with Crippen molar-refractivity contribution in [1.82, 2.24) is 4.98 Å². The molecule has 1 aromatic heterocycles. The van der Waals surface area contributed by atoms with Crippen LogP contribution in [0.15, 0.2) is 72.8 Å². The number of rotatable bonds is 5. The Balaban J connectivity index is 1.61. The highest BCUT2D eigenvalue weighted by atomic mass is 16.5. The number of ether oxygens (including phenoxy) is 1. The van der Waals surface area contributed by atoms with E-state index in [-0.39, 0.29) is 5.56 Å². The zero-order valence-corrected chi connectivity index (χ0v) is 16.3. The van der Waals surface area contributed by atoms with E-state index < -0.39 is 5.97 Å². The van der Waals surface area contributed by atoms with E-state index in [1.807, 2.05) is 43.3 Å². The molecule has 0 saturated heterocycles. The predicted molar refractivity (Wildman–Crippen MR) is 114 cm³/mol. The van der Waals surface area contributed by atoms with Gasteiger partial charge in [-0.1, -0.05) is 48.0 Å². The Hall–Kier alpha value is -3.66. The topological polar surface area (TPSA) is 59.4 Å². The van der Waals surface area contributed by atoms with Crippen molar-refractivity contribution in [2.24, 2.45) is 0 Å². The van der Waals surface area contributed by atoms with Crippen molar-refractivity contribution in [3.05, 3.63) is 95.1 Å².